The molecule has 9 nitrogen and oxygen atoms in total. The van der Waals surface area contributed by atoms with Gasteiger partial charge in [0.25, 0.3) is 5.91 Å². The molecule has 9 heteroatoms. The maximum atomic E-state index is 13.4. The van der Waals surface area contributed by atoms with E-state index < -0.39 is 12.1 Å². The third kappa shape index (κ3) is 10.1. The molecule has 1 aliphatic heterocycles. The number of hydrogen-bond acceptors (Lipinski definition) is 7. The third-order valence-electron chi connectivity index (χ3n) is 9.20. The Morgan fingerprint density at radius 3 is 2.31 bits per heavy atom. The van der Waals surface area contributed by atoms with Crippen LogP contribution in [-0.2, 0) is 14.3 Å². The standard InChI is InChI=1S/C33H52N2O7/c1-33(19-23-36,20-24-37)21-25-42-30(39)17-11-3-2-10-16-28-31(40)35(27-14-8-5-9-15-27)32(41)34(28)22-18-29(38)26-12-6-4-7-13-26/h5,8-9,14-15,26,28-29,36-38H,2-4,6-7,10-13,16-25H2,1H3. The molecule has 0 radical (unpaired) electrons. The lowest BCUT2D eigenvalue weighted by Crippen LogP contribution is -2.38. The smallest absolute Gasteiger partial charge is 0.332 e. The van der Waals surface area contributed by atoms with Gasteiger partial charge in [0.05, 0.1) is 18.4 Å². The van der Waals surface area contributed by atoms with E-state index in [-0.39, 0.29) is 49.1 Å². The minimum absolute atomic E-state index is 0.0372. The van der Waals surface area contributed by atoms with E-state index >= 15 is 0 Å². The highest BCUT2D eigenvalue weighted by molar-refractivity contribution is 6.21. The Morgan fingerprint density at radius 1 is 0.976 bits per heavy atom. The fourth-order valence-electron chi connectivity index (χ4n) is 6.37. The number of nitrogens with zero attached hydrogens (tertiary/aromatic N) is 2. The van der Waals surface area contributed by atoms with Gasteiger partial charge >= 0.3 is 12.0 Å². The molecular weight excluding hydrogens is 536 g/mol. The van der Waals surface area contributed by atoms with E-state index in [9.17, 15) is 29.7 Å². The summed E-state index contributed by atoms with van der Waals surface area (Å²) in [6, 6.07) is 8.16. The average molecular weight is 589 g/mol. The zero-order valence-corrected chi connectivity index (χ0v) is 25.4. The van der Waals surface area contributed by atoms with Crippen molar-refractivity contribution in [2.75, 3.05) is 31.3 Å². The van der Waals surface area contributed by atoms with E-state index in [1.165, 1.54) is 11.3 Å². The van der Waals surface area contributed by atoms with Crippen LogP contribution in [0.15, 0.2) is 30.3 Å². The first-order chi connectivity index (χ1) is 20.3. The number of imide groups is 1. The van der Waals surface area contributed by atoms with Crippen LogP contribution in [0.2, 0.25) is 0 Å². The normalized spacial score (nSPS) is 19.0. The highest BCUT2D eigenvalue weighted by Gasteiger charge is 2.45. The minimum atomic E-state index is -0.548. The van der Waals surface area contributed by atoms with Gasteiger partial charge in [-0.15, -0.1) is 0 Å². The zero-order valence-electron chi connectivity index (χ0n) is 25.4. The quantitative estimate of drug-likeness (QED) is 0.115. The van der Waals surface area contributed by atoms with Gasteiger partial charge in [-0.2, -0.15) is 0 Å². The van der Waals surface area contributed by atoms with Gasteiger partial charge in [0.15, 0.2) is 0 Å². The predicted octanol–water partition coefficient (Wildman–Crippen LogP) is 5.20. The molecule has 1 aromatic carbocycles. The highest BCUT2D eigenvalue weighted by atomic mass is 16.5. The van der Waals surface area contributed by atoms with Gasteiger partial charge in [-0.1, -0.05) is 63.6 Å². The summed E-state index contributed by atoms with van der Waals surface area (Å²) >= 11 is 0. The van der Waals surface area contributed by atoms with Gasteiger partial charge in [-0.05, 0) is 74.8 Å². The average Bonchev–Trinajstić information content (AvgIpc) is 3.22. The highest BCUT2D eigenvalue weighted by Crippen LogP contribution is 2.32. The van der Waals surface area contributed by atoms with Crippen molar-refractivity contribution < 1.29 is 34.4 Å². The van der Waals surface area contributed by atoms with Crippen molar-refractivity contribution in [3.05, 3.63) is 30.3 Å². The molecule has 1 aromatic rings. The minimum Gasteiger partial charge on any atom is -0.466 e. The molecule has 1 aliphatic carbocycles. The Hall–Kier alpha value is -2.49. The number of ether oxygens (including phenoxy) is 1. The molecule has 3 amide bonds. The number of esters is 1. The number of amides is 3. The summed E-state index contributed by atoms with van der Waals surface area (Å²) in [5.74, 6) is -0.187. The van der Waals surface area contributed by atoms with Gasteiger partial charge in [0.1, 0.15) is 6.04 Å². The molecule has 2 aliphatic rings. The molecule has 236 valence electrons. The Balaban J connectivity index is 1.44. The lowest BCUT2D eigenvalue weighted by atomic mass is 9.81. The Morgan fingerprint density at radius 2 is 1.64 bits per heavy atom. The van der Waals surface area contributed by atoms with Crippen LogP contribution < -0.4 is 4.90 Å². The lowest BCUT2D eigenvalue weighted by Gasteiger charge is -2.29. The monoisotopic (exact) mass is 588 g/mol. The zero-order chi connectivity index (χ0) is 30.4. The second-order valence-corrected chi connectivity index (χ2v) is 12.4. The molecular formula is C33H52N2O7. The first kappa shape index (κ1) is 34.0. The molecule has 42 heavy (non-hydrogen) atoms. The van der Waals surface area contributed by atoms with Crippen molar-refractivity contribution in [3.63, 3.8) is 0 Å². The number of urea groups is 1. The third-order valence-corrected chi connectivity index (χ3v) is 9.20. The number of carbonyl (C=O) groups excluding carboxylic acids is 3. The fraction of sp³-hybridized carbons (Fsp3) is 0.727. The van der Waals surface area contributed by atoms with Gasteiger partial charge in [-0.25, -0.2) is 9.69 Å². The Kier molecular flexibility index (Phi) is 14.2. The Labute approximate surface area is 251 Å². The maximum absolute atomic E-state index is 13.4. The SMILES string of the molecule is CC(CCO)(CCO)CCOC(=O)CCCCCCC1C(=O)N(c2ccccc2)C(=O)N1CCC(O)C1CCCCC1. The molecule has 2 fully saturated rings. The summed E-state index contributed by atoms with van der Waals surface area (Å²) in [4.78, 5) is 42.0. The van der Waals surface area contributed by atoms with Crippen LogP contribution in [0.3, 0.4) is 0 Å². The van der Waals surface area contributed by atoms with Crippen LogP contribution >= 0.6 is 0 Å². The topological polar surface area (TPSA) is 128 Å². The van der Waals surface area contributed by atoms with E-state index in [1.807, 2.05) is 25.1 Å². The first-order valence-corrected chi connectivity index (χ1v) is 16.0. The number of unbranched alkanes of at least 4 members (excludes halogenated alkanes) is 3. The molecule has 3 rings (SSSR count). The van der Waals surface area contributed by atoms with Crippen LogP contribution in [0, 0.1) is 11.3 Å². The molecule has 0 spiro atoms. The predicted molar refractivity (Wildman–Crippen MR) is 162 cm³/mol. The lowest BCUT2D eigenvalue weighted by molar-refractivity contribution is -0.144. The van der Waals surface area contributed by atoms with Crippen LogP contribution in [0.4, 0.5) is 10.5 Å². The van der Waals surface area contributed by atoms with E-state index in [0.29, 0.717) is 57.2 Å². The number of hydrogen-bond donors (Lipinski definition) is 3. The number of benzene rings is 1. The summed E-state index contributed by atoms with van der Waals surface area (Å²) < 4.78 is 5.38. The summed E-state index contributed by atoms with van der Waals surface area (Å²) in [7, 11) is 0. The number of para-hydroxylation sites is 1. The molecule has 1 saturated carbocycles. The molecule has 2 atom stereocenters. The molecule has 3 N–H and O–H groups in total. The number of aliphatic hydroxyl groups is 3. The largest absolute Gasteiger partial charge is 0.466 e. The molecule has 0 bridgehead atoms. The maximum Gasteiger partial charge on any atom is 0.332 e. The number of rotatable bonds is 19. The molecule has 1 saturated heterocycles. The fourth-order valence-corrected chi connectivity index (χ4v) is 6.37. The van der Waals surface area contributed by atoms with Gasteiger partial charge in [0.2, 0.25) is 0 Å². The first-order valence-electron chi connectivity index (χ1n) is 16.0. The van der Waals surface area contributed by atoms with E-state index in [4.69, 9.17) is 4.74 Å². The molecule has 2 unspecified atom stereocenters. The van der Waals surface area contributed by atoms with Crippen molar-refractivity contribution >= 4 is 23.6 Å². The van der Waals surface area contributed by atoms with Crippen LogP contribution in [0.1, 0.15) is 103 Å². The van der Waals surface area contributed by atoms with Crippen molar-refractivity contribution in [3.8, 4) is 0 Å². The van der Waals surface area contributed by atoms with Gasteiger partial charge in [0, 0.05) is 26.2 Å². The number of anilines is 1. The second kappa shape index (κ2) is 17.6. The summed E-state index contributed by atoms with van der Waals surface area (Å²) in [6.07, 6.45) is 11.2. The second-order valence-electron chi connectivity index (χ2n) is 12.4. The van der Waals surface area contributed by atoms with Gasteiger partial charge < -0.3 is 25.0 Å². The summed E-state index contributed by atoms with van der Waals surface area (Å²) in [6.45, 7) is 2.69. The van der Waals surface area contributed by atoms with Crippen LogP contribution in [0.5, 0.6) is 0 Å². The van der Waals surface area contributed by atoms with E-state index in [0.717, 1.165) is 44.9 Å². The van der Waals surface area contributed by atoms with Crippen molar-refractivity contribution in [2.45, 2.75) is 115 Å². The van der Waals surface area contributed by atoms with Crippen molar-refractivity contribution in [2.24, 2.45) is 11.3 Å². The number of aliphatic hydroxyl groups excluding tert-OH is 3. The summed E-state index contributed by atoms with van der Waals surface area (Å²) in [5, 5.41) is 29.3. The molecule has 0 aromatic heterocycles. The number of carbonyl (C=O) groups is 3. The van der Waals surface area contributed by atoms with E-state index in [1.54, 1.807) is 17.0 Å². The Bertz CT molecular complexity index is 960. The van der Waals surface area contributed by atoms with Gasteiger partial charge in [-0.3, -0.25) is 9.59 Å². The molecule has 1 heterocycles. The van der Waals surface area contributed by atoms with Crippen LogP contribution in [0.25, 0.3) is 0 Å². The van der Waals surface area contributed by atoms with Crippen LogP contribution in [-0.4, -0.2) is 76.6 Å². The van der Waals surface area contributed by atoms with E-state index in [2.05, 4.69) is 0 Å². The van der Waals surface area contributed by atoms with Crippen molar-refractivity contribution in [1.82, 2.24) is 4.90 Å². The van der Waals surface area contributed by atoms with Crippen molar-refractivity contribution in [1.29, 1.82) is 0 Å². The summed E-state index contributed by atoms with van der Waals surface area (Å²) in [5.41, 5.74) is 0.320.